The van der Waals surface area contributed by atoms with Crippen LogP contribution >= 0.6 is 0 Å². The van der Waals surface area contributed by atoms with Crippen molar-refractivity contribution >= 4 is 5.69 Å². The highest BCUT2D eigenvalue weighted by atomic mass is 19.4. The lowest BCUT2D eigenvalue weighted by atomic mass is 10.1. The Bertz CT molecular complexity index is 330. The van der Waals surface area contributed by atoms with Crippen molar-refractivity contribution in [1.82, 2.24) is 9.78 Å². The van der Waals surface area contributed by atoms with Crippen LogP contribution in [0.15, 0.2) is 6.20 Å². The first-order valence-corrected chi connectivity index (χ1v) is 4.64. The van der Waals surface area contributed by atoms with Crippen LogP contribution in [-0.2, 0) is 6.54 Å². The number of nitrogens with two attached hydrogens (primary N) is 1. The summed E-state index contributed by atoms with van der Waals surface area (Å²) in [5.41, 5.74) is 6.76. The van der Waals surface area contributed by atoms with Gasteiger partial charge in [0.2, 0.25) is 0 Å². The van der Waals surface area contributed by atoms with E-state index in [0.29, 0.717) is 11.4 Å². The Labute approximate surface area is 86.1 Å². The lowest BCUT2D eigenvalue weighted by molar-refractivity contribution is -0.144. The normalized spacial score (nSPS) is 14.2. The van der Waals surface area contributed by atoms with Crippen molar-refractivity contribution in [2.75, 3.05) is 5.73 Å². The first-order chi connectivity index (χ1) is 6.79. The summed E-state index contributed by atoms with van der Waals surface area (Å²) < 4.78 is 37.7. The predicted octanol–water partition coefficient (Wildman–Crippen LogP) is 2.36. The number of halogens is 3. The van der Waals surface area contributed by atoms with Gasteiger partial charge in [0.05, 0.1) is 17.6 Å². The minimum atomic E-state index is -4.12. The van der Waals surface area contributed by atoms with Crippen LogP contribution in [0.3, 0.4) is 0 Å². The fourth-order valence-corrected chi connectivity index (χ4v) is 1.40. The molecule has 0 aliphatic heterocycles. The summed E-state index contributed by atoms with van der Waals surface area (Å²) >= 11 is 0. The van der Waals surface area contributed by atoms with Gasteiger partial charge in [0.1, 0.15) is 0 Å². The van der Waals surface area contributed by atoms with E-state index in [0.717, 1.165) is 0 Å². The SMILES string of the molecule is Cc1c(N)cnn1CC(C)CC(F)(F)F. The van der Waals surface area contributed by atoms with Crippen LogP contribution in [0.1, 0.15) is 19.0 Å². The number of hydrogen-bond donors (Lipinski definition) is 1. The molecular formula is C9H14F3N3. The molecule has 1 aromatic rings. The fourth-order valence-electron chi connectivity index (χ4n) is 1.40. The van der Waals surface area contributed by atoms with Crippen LogP contribution in [0, 0.1) is 12.8 Å². The number of nitrogen functional groups attached to an aromatic ring is 1. The number of rotatable bonds is 3. The summed E-state index contributed by atoms with van der Waals surface area (Å²) in [5, 5.41) is 3.91. The largest absolute Gasteiger partial charge is 0.396 e. The zero-order valence-electron chi connectivity index (χ0n) is 8.67. The van der Waals surface area contributed by atoms with Crippen molar-refractivity contribution in [3.8, 4) is 0 Å². The third kappa shape index (κ3) is 3.45. The third-order valence-electron chi connectivity index (χ3n) is 2.21. The molecule has 0 saturated carbocycles. The molecule has 0 aliphatic carbocycles. The third-order valence-corrected chi connectivity index (χ3v) is 2.21. The Morgan fingerprint density at radius 2 is 2.13 bits per heavy atom. The van der Waals surface area contributed by atoms with E-state index in [-0.39, 0.29) is 6.54 Å². The van der Waals surface area contributed by atoms with Crippen molar-refractivity contribution in [2.24, 2.45) is 5.92 Å². The molecule has 15 heavy (non-hydrogen) atoms. The molecular weight excluding hydrogens is 207 g/mol. The highest BCUT2D eigenvalue weighted by Crippen LogP contribution is 2.25. The summed E-state index contributed by atoms with van der Waals surface area (Å²) in [7, 11) is 0. The quantitative estimate of drug-likeness (QED) is 0.851. The van der Waals surface area contributed by atoms with E-state index >= 15 is 0 Å². The molecule has 0 aromatic carbocycles. The Balaban J connectivity index is 2.59. The van der Waals surface area contributed by atoms with Crippen molar-refractivity contribution in [3.05, 3.63) is 11.9 Å². The maximum atomic E-state index is 12.1. The highest BCUT2D eigenvalue weighted by molar-refractivity contribution is 5.39. The molecule has 1 aromatic heterocycles. The van der Waals surface area contributed by atoms with E-state index in [1.54, 1.807) is 13.8 Å². The minimum absolute atomic E-state index is 0.239. The molecule has 1 atom stereocenters. The molecule has 1 rings (SSSR count). The van der Waals surface area contributed by atoms with E-state index in [1.807, 2.05) is 0 Å². The Hall–Kier alpha value is -1.20. The van der Waals surface area contributed by atoms with Crippen LogP contribution in [0.5, 0.6) is 0 Å². The van der Waals surface area contributed by atoms with Crippen LogP contribution in [-0.4, -0.2) is 16.0 Å². The topological polar surface area (TPSA) is 43.8 Å². The molecule has 0 fully saturated rings. The van der Waals surface area contributed by atoms with E-state index in [2.05, 4.69) is 5.10 Å². The first kappa shape index (κ1) is 11.9. The molecule has 6 heteroatoms. The maximum absolute atomic E-state index is 12.1. The number of nitrogens with zero attached hydrogens (tertiary/aromatic N) is 2. The summed E-state index contributed by atoms with van der Waals surface area (Å²) in [5.74, 6) is -0.497. The van der Waals surface area contributed by atoms with Crippen LogP contribution in [0.4, 0.5) is 18.9 Å². The van der Waals surface area contributed by atoms with Gasteiger partial charge in [0, 0.05) is 13.0 Å². The molecule has 0 spiro atoms. The molecule has 0 aliphatic rings. The lowest BCUT2D eigenvalue weighted by Crippen LogP contribution is -2.18. The fraction of sp³-hybridized carbons (Fsp3) is 0.667. The van der Waals surface area contributed by atoms with Gasteiger partial charge in [-0.3, -0.25) is 4.68 Å². The molecule has 0 amide bonds. The summed E-state index contributed by atoms with van der Waals surface area (Å²) in [6.07, 6.45) is -3.46. The zero-order chi connectivity index (χ0) is 11.6. The van der Waals surface area contributed by atoms with Gasteiger partial charge in [-0.1, -0.05) is 6.92 Å². The van der Waals surface area contributed by atoms with E-state index in [4.69, 9.17) is 5.73 Å². The first-order valence-electron chi connectivity index (χ1n) is 4.64. The standard InChI is InChI=1S/C9H14F3N3/c1-6(3-9(10,11)12)5-15-7(2)8(13)4-14-15/h4,6H,3,5,13H2,1-2H3. The van der Waals surface area contributed by atoms with Gasteiger partial charge in [0.25, 0.3) is 0 Å². The van der Waals surface area contributed by atoms with Crippen molar-refractivity contribution in [2.45, 2.75) is 33.0 Å². The van der Waals surface area contributed by atoms with E-state index < -0.39 is 18.5 Å². The molecule has 2 N–H and O–H groups in total. The van der Waals surface area contributed by atoms with Gasteiger partial charge in [-0.05, 0) is 12.8 Å². The predicted molar refractivity (Wildman–Crippen MR) is 51.2 cm³/mol. The van der Waals surface area contributed by atoms with Gasteiger partial charge < -0.3 is 5.73 Å². The molecule has 0 saturated heterocycles. The average molecular weight is 221 g/mol. The number of anilines is 1. The van der Waals surface area contributed by atoms with Gasteiger partial charge in [0.15, 0.2) is 0 Å². The minimum Gasteiger partial charge on any atom is -0.396 e. The van der Waals surface area contributed by atoms with Gasteiger partial charge >= 0.3 is 6.18 Å². The van der Waals surface area contributed by atoms with Crippen molar-refractivity contribution in [1.29, 1.82) is 0 Å². The second-order valence-electron chi connectivity index (χ2n) is 3.79. The number of alkyl halides is 3. The average Bonchev–Trinajstić information content (AvgIpc) is 2.32. The highest BCUT2D eigenvalue weighted by Gasteiger charge is 2.30. The Kier molecular flexibility index (Phi) is 3.26. The summed E-state index contributed by atoms with van der Waals surface area (Å²) in [4.78, 5) is 0. The zero-order valence-corrected chi connectivity index (χ0v) is 8.67. The van der Waals surface area contributed by atoms with Gasteiger partial charge in [-0.25, -0.2) is 0 Å². The number of hydrogen-bond acceptors (Lipinski definition) is 2. The van der Waals surface area contributed by atoms with Crippen LogP contribution in [0.25, 0.3) is 0 Å². The summed E-state index contributed by atoms with van der Waals surface area (Å²) in [6, 6.07) is 0. The Morgan fingerprint density at radius 3 is 2.53 bits per heavy atom. The monoisotopic (exact) mass is 221 g/mol. The molecule has 3 nitrogen and oxygen atoms in total. The molecule has 0 radical (unpaired) electrons. The van der Waals surface area contributed by atoms with Crippen LogP contribution in [0.2, 0.25) is 0 Å². The van der Waals surface area contributed by atoms with Gasteiger partial charge in [-0.15, -0.1) is 0 Å². The van der Waals surface area contributed by atoms with E-state index in [1.165, 1.54) is 10.9 Å². The molecule has 1 unspecified atom stereocenters. The maximum Gasteiger partial charge on any atom is 0.389 e. The Morgan fingerprint density at radius 1 is 1.53 bits per heavy atom. The van der Waals surface area contributed by atoms with Crippen molar-refractivity contribution < 1.29 is 13.2 Å². The van der Waals surface area contributed by atoms with E-state index in [9.17, 15) is 13.2 Å². The van der Waals surface area contributed by atoms with Gasteiger partial charge in [-0.2, -0.15) is 18.3 Å². The second kappa shape index (κ2) is 4.12. The number of aromatic nitrogens is 2. The lowest BCUT2D eigenvalue weighted by Gasteiger charge is -2.14. The van der Waals surface area contributed by atoms with Crippen LogP contribution < -0.4 is 5.73 Å². The molecule has 0 bridgehead atoms. The second-order valence-corrected chi connectivity index (χ2v) is 3.79. The smallest absolute Gasteiger partial charge is 0.389 e. The molecule has 1 heterocycles. The molecule has 86 valence electrons. The summed E-state index contributed by atoms with van der Waals surface area (Å²) in [6.45, 7) is 3.52. The van der Waals surface area contributed by atoms with Crippen molar-refractivity contribution in [3.63, 3.8) is 0 Å².